The Balaban J connectivity index is 0.000000413. The van der Waals surface area contributed by atoms with Crippen LogP contribution in [0.2, 0.25) is 0 Å². The first kappa shape index (κ1) is 43.6. The molecule has 49 heavy (non-hydrogen) atoms. The van der Waals surface area contributed by atoms with E-state index in [0.29, 0.717) is 19.4 Å². The minimum Gasteiger partial charge on any atom is -0.379 e. The van der Waals surface area contributed by atoms with E-state index >= 15 is 0 Å². The second-order valence-electron chi connectivity index (χ2n) is 12.7. The van der Waals surface area contributed by atoms with E-state index in [1.165, 1.54) is 38.5 Å². The maximum atomic E-state index is 11.9. The predicted molar refractivity (Wildman–Crippen MR) is 196 cm³/mol. The van der Waals surface area contributed by atoms with Crippen molar-refractivity contribution in [3.8, 4) is 6.07 Å². The minimum atomic E-state index is -0.0117. The van der Waals surface area contributed by atoms with Crippen LogP contribution in [0.3, 0.4) is 0 Å². The Hall–Kier alpha value is -3.46. The molecule has 0 bridgehead atoms. The number of aromatic nitrogens is 2. The van der Waals surface area contributed by atoms with Gasteiger partial charge in [-0.3, -0.25) is 4.79 Å². The van der Waals surface area contributed by atoms with Crippen LogP contribution in [0.5, 0.6) is 0 Å². The van der Waals surface area contributed by atoms with E-state index in [9.17, 15) is 9.59 Å². The Morgan fingerprint density at radius 1 is 1.16 bits per heavy atom. The van der Waals surface area contributed by atoms with E-state index < -0.39 is 0 Å². The number of allylic oxidation sites excluding steroid dienone is 3. The van der Waals surface area contributed by atoms with Crippen LogP contribution in [0.1, 0.15) is 103 Å². The van der Waals surface area contributed by atoms with Crippen LogP contribution in [0.15, 0.2) is 49.5 Å². The summed E-state index contributed by atoms with van der Waals surface area (Å²) in [6.45, 7) is 14.1. The molecule has 2 fully saturated rings. The van der Waals surface area contributed by atoms with Crippen molar-refractivity contribution in [2.24, 2.45) is 5.92 Å². The maximum Gasteiger partial charge on any atom is 0.317 e. The van der Waals surface area contributed by atoms with Crippen molar-refractivity contribution in [1.29, 1.82) is 5.26 Å². The van der Waals surface area contributed by atoms with E-state index in [1.54, 1.807) is 32.8 Å². The third kappa shape index (κ3) is 21.3. The van der Waals surface area contributed by atoms with Gasteiger partial charge < -0.3 is 34.7 Å². The van der Waals surface area contributed by atoms with Gasteiger partial charge in [0, 0.05) is 58.2 Å². The number of H-pyrrole nitrogens is 1. The lowest BCUT2D eigenvalue weighted by atomic mass is 9.83. The van der Waals surface area contributed by atoms with E-state index in [4.69, 9.17) is 19.5 Å². The molecule has 3 rings (SSSR count). The third-order valence-electron chi connectivity index (χ3n) is 8.78. The average molecular weight is 685 g/mol. The minimum absolute atomic E-state index is 0.0114. The Morgan fingerprint density at radius 2 is 1.88 bits per heavy atom. The Morgan fingerprint density at radius 3 is 2.47 bits per heavy atom. The molecule has 11 heteroatoms. The number of hydrogen-bond donors (Lipinski definition) is 3. The quantitative estimate of drug-likeness (QED) is 0.112. The van der Waals surface area contributed by atoms with Crippen molar-refractivity contribution >= 4 is 11.9 Å². The number of carbonyl (C=O) groups is 2. The number of hydrogen-bond acceptors (Lipinski definition) is 7. The highest BCUT2D eigenvalue weighted by atomic mass is 16.7. The zero-order valence-corrected chi connectivity index (χ0v) is 30.7. The molecule has 3 amide bonds. The van der Waals surface area contributed by atoms with Crippen LogP contribution in [0.4, 0.5) is 4.79 Å². The molecule has 1 saturated heterocycles. The lowest BCUT2D eigenvalue weighted by molar-refractivity contribution is -0.123. The number of nitriles is 1. The second kappa shape index (κ2) is 28.4. The van der Waals surface area contributed by atoms with Gasteiger partial charge in [0.1, 0.15) is 6.79 Å². The first-order valence-electron chi connectivity index (χ1n) is 18.0. The monoisotopic (exact) mass is 684 g/mol. The van der Waals surface area contributed by atoms with E-state index in [0.717, 1.165) is 68.8 Å². The number of methoxy groups -OCH3 is 2. The summed E-state index contributed by atoms with van der Waals surface area (Å²) in [6, 6.07) is 2.29. The molecule has 276 valence electrons. The smallest absolute Gasteiger partial charge is 0.317 e. The molecule has 1 aliphatic carbocycles. The molecule has 3 atom stereocenters. The van der Waals surface area contributed by atoms with Crippen LogP contribution in [-0.4, -0.2) is 85.7 Å². The number of ether oxygens (including phenoxy) is 3. The van der Waals surface area contributed by atoms with Gasteiger partial charge in [0.25, 0.3) is 0 Å². The fourth-order valence-electron chi connectivity index (χ4n) is 5.82. The first-order chi connectivity index (χ1) is 23.8. The molecule has 3 N–H and O–H groups in total. The standard InChI is InChI=1S/C19H37NO4.C14H22N2O.C5H5N3/c1-5-19(21)20-17(13-16-9-7-6-8-10-16)11-12-18(15(2)23-4)24-14-22-3;1-3-4-8-13(2)9-10-15-14(17)16-11-6-5-7-12-16;6-2-1-5-3-7-4-8-5/h15-18H,5-14H2,1-4H3,(H,20,21);3-4,8H,1-2,5-7,9-12H2,(H,15,17);3-4H,1H2,(H,7,8)/b;8-4-;/t15-,17?,18?;;/m0../s1. The van der Waals surface area contributed by atoms with Crippen molar-refractivity contribution in [2.75, 3.05) is 40.6 Å². The molecular weight excluding hydrogens is 620 g/mol. The van der Waals surface area contributed by atoms with Crippen molar-refractivity contribution in [3.63, 3.8) is 0 Å². The number of urea groups is 1. The molecule has 2 aliphatic rings. The molecule has 11 nitrogen and oxygen atoms in total. The normalized spacial score (nSPS) is 16.5. The predicted octanol–water partition coefficient (Wildman–Crippen LogP) is 7.00. The molecule has 2 heterocycles. The summed E-state index contributed by atoms with van der Waals surface area (Å²) >= 11 is 0. The maximum absolute atomic E-state index is 11.9. The van der Waals surface area contributed by atoms with Gasteiger partial charge in [-0.25, -0.2) is 9.78 Å². The number of amides is 3. The largest absolute Gasteiger partial charge is 0.379 e. The fraction of sp³-hybridized carbons (Fsp3) is 0.684. The number of imidazole rings is 1. The van der Waals surface area contributed by atoms with Gasteiger partial charge in [-0.05, 0) is 57.8 Å². The third-order valence-corrected chi connectivity index (χ3v) is 8.78. The SMILES string of the molecule is C=C/C=C\C(=C)CCNC(=O)N1CCCCC1.CCC(=O)NC(CCC(OCOC)[C@H](C)OC)CC1CCCCC1.N#CCc1cnc[nH]1. The van der Waals surface area contributed by atoms with E-state index in [2.05, 4.69) is 33.8 Å². The summed E-state index contributed by atoms with van der Waals surface area (Å²) in [6.07, 6.45) is 23.4. The molecule has 1 aromatic heterocycles. The summed E-state index contributed by atoms with van der Waals surface area (Å²) in [5.41, 5.74) is 1.87. The Bertz CT molecular complexity index is 1090. The second-order valence-corrected chi connectivity index (χ2v) is 12.7. The highest BCUT2D eigenvalue weighted by Gasteiger charge is 2.24. The molecule has 1 aromatic rings. The Labute approximate surface area is 295 Å². The number of likely N-dealkylation sites (tertiary alicyclic amines) is 1. The van der Waals surface area contributed by atoms with Crippen LogP contribution in [0, 0.1) is 17.2 Å². The van der Waals surface area contributed by atoms with Crippen molar-refractivity contribution in [1.82, 2.24) is 25.5 Å². The fourth-order valence-corrected chi connectivity index (χ4v) is 5.82. The lowest BCUT2D eigenvalue weighted by Gasteiger charge is -2.29. The van der Waals surface area contributed by atoms with Crippen molar-refractivity contribution < 1.29 is 23.8 Å². The molecule has 0 spiro atoms. The zero-order chi connectivity index (χ0) is 36.1. The van der Waals surface area contributed by atoms with Crippen molar-refractivity contribution in [3.05, 3.63) is 55.2 Å². The van der Waals surface area contributed by atoms with Crippen molar-refractivity contribution in [2.45, 2.75) is 122 Å². The highest BCUT2D eigenvalue weighted by Crippen LogP contribution is 2.28. The van der Waals surface area contributed by atoms with Crippen LogP contribution < -0.4 is 10.6 Å². The van der Waals surface area contributed by atoms with Crippen LogP contribution >= 0.6 is 0 Å². The summed E-state index contributed by atoms with van der Waals surface area (Å²) in [4.78, 5) is 32.1. The number of rotatable bonds is 18. The number of nitrogens with zero attached hydrogens (tertiary/aromatic N) is 3. The van der Waals surface area contributed by atoms with Gasteiger partial charge >= 0.3 is 6.03 Å². The Kier molecular flexibility index (Phi) is 25.2. The van der Waals surface area contributed by atoms with Crippen LogP contribution in [0.25, 0.3) is 0 Å². The van der Waals surface area contributed by atoms with Crippen LogP contribution in [-0.2, 0) is 25.4 Å². The molecule has 0 aromatic carbocycles. The zero-order valence-electron chi connectivity index (χ0n) is 30.7. The first-order valence-corrected chi connectivity index (χ1v) is 18.0. The summed E-state index contributed by atoms with van der Waals surface area (Å²) in [5, 5.41) is 14.3. The molecule has 0 radical (unpaired) electrons. The number of carbonyl (C=O) groups excluding carboxylic acids is 2. The van der Waals surface area contributed by atoms with Gasteiger partial charge in [-0.15, -0.1) is 0 Å². The summed E-state index contributed by atoms with van der Waals surface area (Å²) < 4.78 is 16.2. The van der Waals surface area contributed by atoms with Gasteiger partial charge in [0.2, 0.25) is 5.91 Å². The topological polar surface area (TPSA) is 142 Å². The number of piperidine rings is 1. The van der Waals surface area contributed by atoms with E-state index in [-0.39, 0.29) is 37.0 Å². The van der Waals surface area contributed by atoms with Gasteiger partial charge in [0.05, 0.1) is 31.0 Å². The number of nitrogens with one attached hydrogen (secondary N) is 3. The van der Waals surface area contributed by atoms with E-state index in [1.807, 2.05) is 37.0 Å². The summed E-state index contributed by atoms with van der Waals surface area (Å²) in [7, 11) is 3.33. The molecular formula is C38H64N6O5. The average Bonchev–Trinajstić information content (AvgIpc) is 3.65. The molecule has 2 unspecified atom stereocenters. The molecule has 1 saturated carbocycles. The summed E-state index contributed by atoms with van der Waals surface area (Å²) in [5.74, 6) is 0.893. The van der Waals surface area contributed by atoms with Gasteiger partial charge in [-0.1, -0.05) is 76.0 Å². The number of aromatic amines is 1. The van der Waals surface area contributed by atoms with Gasteiger partial charge in [0.15, 0.2) is 0 Å². The van der Waals surface area contributed by atoms with Gasteiger partial charge in [-0.2, -0.15) is 5.26 Å². The molecule has 1 aliphatic heterocycles. The lowest BCUT2D eigenvalue weighted by Crippen LogP contribution is -2.43. The highest BCUT2D eigenvalue weighted by molar-refractivity contribution is 5.75.